The van der Waals surface area contributed by atoms with Gasteiger partial charge in [-0.3, -0.25) is 0 Å². The van der Waals surface area contributed by atoms with Crippen LogP contribution >= 0.6 is 0 Å². The predicted octanol–water partition coefficient (Wildman–Crippen LogP) is 2.67. The lowest BCUT2D eigenvalue weighted by Crippen LogP contribution is -2.26. The van der Waals surface area contributed by atoms with E-state index in [-0.39, 0.29) is 0 Å². The predicted molar refractivity (Wildman–Crippen MR) is 70.9 cm³/mol. The summed E-state index contributed by atoms with van der Waals surface area (Å²) < 4.78 is 10.7. The van der Waals surface area contributed by atoms with Gasteiger partial charge in [-0.25, -0.2) is 4.79 Å². The first kappa shape index (κ1) is 12.0. The molecule has 98 valence electrons. The number of benzene rings is 1. The second kappa shape index (κ2) is 4.24. The molecular weight excluding hydrogens is 244 g/mol. The van der Waals surface area contributed by atoms with Crippen molar-refractivity contribution in [3.8, 4) is 0 Å². The van der Waals surface area contributed by atoms with Crippen molar-refractivity contribution in [2.45, 2.75) is 26.1 Å². The number of hydrogen-bond donors (Lipinski definition) is 1. The number of esters is 1. The van der Waals surface area contributed by atoms with E-state index in [4.69, 9.17) is 9.15 Å². The zero-order valence-electron chi connectivity index (χ0n) is 10.7. The summed E-state index contributed by atoms with van der Waals surface area (Å²) in [6, 6.07) is 3.60. The summed E-state index contributed by atoms with van der Waals surface area (Å²) in [5, 5.41) is 10.4. The van der Waals surface area contributed by atoms with Gasteiger partial charge in [-0.05, 0) is 43.2 Å². The van der Waals surface area contributed by atoms with Crippen molar-refractivity contribution in [2.24, 2.45) is 0 Å². The van der Waals surface area contributed by atoms with Crippen LogP contribution in [-0.4, -0.2) is 23.3 Å². The average Bonchev–Trinajstić information content (AvgIpc) is 2.64. The summed E-state index contributed by atoms with van der Waals surface area (Å²) in [7, 11) is 0. The normalized spacial score (nSPS) is 19.9. The average molecular weight is 258 g/mol. The third-order valence-corrected chi connectivity index (χ3v) is 3.34. The van der Waals surface area contributed by atoms with Crippen LogP contribution in [0, 0.1) is 6.92 Å². The molecule has 0 radical (unpaired) electrons. The molecule has 0 amide bonds. The van der Waals surface area contributed by atoms with E-state index in [9.17, 15) is 9.90 Å². The first-order valence-corrected chi connectivity index (χ1v) is 6.15. The van der Waals surface area contributed by atoms with Crippen molar-refractivity contribution in [1.29, 1.82) is 0 Å². The number of rotatable bonds is 1. The van der Waals surface area contributed by atoms with E-state index in [1.54, 1.807) is 31.4 Å². The number of carbonyl (C=O) groups excluding carboxylic acids is 1. The highest BCUT2D eigenvalue weighted by molar-refractivity contribution is 6.00. The molecule has 2 atom stereocenters. The molecule has 0 saturated carbocycles. The van der Waals surface area contributed by atoms with Crippen LogP contribution in [0.4, 0.5) is 0 Å². The lowest BCUT2D eigenvalue weighted by atomic mass is 10.0. The Bertz CT molecular complexity index is 679. The van der Waals surface area contributed by atoms with E-state index in [2.05, 4.69) is 0 Å². The second-order valence-electron chi connectivity index (χ2n) is 4.82. The van der Waals surface area contributed by atoms with Gasteiger partial charge in [-0.1, -0.05) is 6.08 Å². The molecule has 1 N–H and O–H groups in total. The molecule has 2 heterocycles. The molecule has 4 heteroatoms. The Kier molecular flexibility index (Phi) is 2.68. The van der Waals surface area contributed by atoms with E-state index in [0.717, 1.165) is 22.1 Å². The first-order valence-electron chi connectivity index (χ1n) is 6.15. The van der Waals surface area contributed by atoms with Crippen molar-refractivity contribution < 1.29 is 19.1 Å². The van der Waals surface area contributed by atoms with Gasteiger partial charge in [0.05, 0.1) is 17.9 Å². The molecule has 2 aromatic rings. The van der Waals surface area contributed by atoms with E-state index >= 15 is 0 Å². The van der Waals surface area contributed by atoms with Gasteiger partial charge in [-0.2, -0.15) is 0 Å². The summed E-state index contributed by atoms with van der Waals surface area (Å²) >= 11 is 0. The number of aliphatic hydroxyl groups excluding tert-OH is 1. The number of carbonyl (C=O) groups is 1. The zero-order chi connectivity index (χ0) is 13.6. The van der Waals surface area contributed by atoms with Crippen LogP contribution < -0.4 is 0 Å². The van der Waals surface area contributed by atoms with Gasteiger partial charge in [0.1, 0.15) is 11.7 Å². The molecule has 3 rings (SSSR count). The summed E-state index contributed by atoms with van der Waals surface area (Å²) in [6.07, 6.45) is 3.79. The summed E-state index contributed by atoms with van der Waals surface area (Å²) in [6.45, 7) is 3.52. The Hall–Kier alpha value is -2.07. The minimum atomic E-state index is -0.737. The van der Waals surface area contributed by atoms with Crippen LogP contribution in [0.3, 0.4) is 0 Å². The van der Waals surface area contributed by atoms with Gasteiger partial charge >= 0.3 is 5.97 Å². The van der Waals surface area contributed by atoms with Crippen molar-refractivity contribution in [3.63, 3.8) is 0 Å². The maximum atomic E-state index is 12.1. The monoisotopic (exact) mass is 258 g/mol. The Morgan fingerprint density at radius 3 is 2.89 bits per heavy atom. The number of furan rings is 1. The maximum Gasteiger partial charge on any atom is 0.339 e. The number of cyclic esters (lactones) is 1. The Labute approximate surface area is 110 Å². The van der Waals surface area contributed by atoms with Gasteiger partial charge in [0.25, 0.3) is 0 Å². The topological polar surface area (TPSA) is 59.7 Å². The highest BCUT2D eigenvalue weighted by Gasteiger charge is 2.24. The quantitative estimate of drug-likeness (QED) is 0.799. The smallest absolute Gasteiger partial charge is 0.339 e. The van der Waals surface area contributed by atoms with Crippen LogP contribution in [-0.2, 0) is 4.74 Å². The van der Waals surface area contributed by atoms with Crippen LogP contribution in [0.2, 0.25) is 0 Å². The van der Waals surface area contributed by atoms with E-state index in [1.807, 2.05) is 13.0 Å². The number of fused-ring (bicyclic) bond motifs is 2. The van der Waals surface area contributed by atoms with Crippen LogP contribution in [0.5, 0.6) is 0 Å². The molecule has 4 nitrogen and oxygen atoms in total. The number of hydrogen-bond acceptors (Lipinski definition) is 4. The second-order valence-corrected chi connectivity index (χ2v) is 4.82. The van der Waals surface area contributed by atoms with Crippen molar-refractivity contribution >= 4 is 23.0 Å². The van der Waals surface area contributed by atoms with E-state index in [0.29, 0.717) is 5.56 Å². The van der Waals surface area contributed by atoms with Gasteiger partial charge in [-0.15, -0.1) is 0 Å². The molecule has 0 saturated heterocycles. The number of aliphatic hydroxyl groups is 1. The molecule has 1 aromatic heterocycles. The van der Waals surface area contributed by atoms with E-state index < -0.39 is 18.2 Å². The van der Waals surface area contributed by atoms with Crippen molar-refractivity contribution in [1.82, 2.24) is 0 Å². The zero-order valence-corrected chi connectivity index (χ0v) is 10.7. The lowest BCUT2D eigenvalue weighted by molar-refractivity contribution is 0.00647. The molecule has 0 bridgehead atoms. The highest BCUT2D eigenvalue weighted by atomic mass is 16.6. The fourth-order valence-corrected chi connectivity index (χ4v) is 2.22. The Morgan fingerprint density at radius 2 is 2.16 bits per heavy atom. The van der Waals surface area contributed by atoms with Gasteiger partial charge in [0.15, 0.2) is 0 Å². The Balaban J connectivity index is 2.15. The maximum absolute atomic E-state index is 12.1. The molecular formula is C15H14O4. The Morgan fingerprint density at radius 1 is 1.37 bits per heavy atom. The van der Waals surface area contributed by atoms with Crippen LogP contribution in [0.25, 0.3) is 17.0 Å². The molecule has 0 fully saturated rings. The van der Waals surface area contributed by atoms with E-state index in [1.165, 1.54) is 0 Å². The third-order valence-electron chi connectivity index (χ3n) is 3.34. The molecule has 19 heavy (non-hydrogen) atoms. The lowest BCUT2D eigenvalue weighted by Gasteiger charge is -2.15. The van der Waals surface area contributed by atoms with Gasteiger partial charge in [0, 0.05) is 5.39 Å². The summed E-state index contributed by atoms with van der Waals surface area (Å²) in [5.74, 6) is -0.423. The largest absolute Gasteiger partial charge is 0.464 e. The number of aryl methyl sites for hydroxylation is 1. The SMILES string of the molecule is Cc1coc2cc3c(cc12)C(=O)O[C@H]([C@H](C)O)C=C3. The molecule has 0 aliphatic carbocycles. The highest BCUT2D eigenvalue weighted by Crippen LogP contribution is 2.28. The van der Waals surface area contributed by atoms with Gasteiger partial charge < -0.3 is 14.3 Å². The van der Waals surface area contributed by atoms with Crippen LogP contribution in [0.15, 0.2) is 28.9 Å². The summed E-state index contributed by atoms with van der Waals surface area (Å²) in [4.78, 5) is 12.1. The van der Waals surface area contributed by atoms with Crippen molar-refractivity contribution in [2.75, 3.05) is 0 Å². The first-order chi connectivity index (χ1) is 9.06. The van der Waals surface area contributed by atoms with Gasteiger partial charge in [0.2, 0.25) is 0 Å². The minimum Gasteiger partial charge on any atom is -0.464 e. The van der Waals surface area contributed by atoms with Crippen molar-refractivity contribution in [3.05, 3.63) is 41.2 Å². The molecule has 1 aromatic carbocycles. The third kappa shape index (κ3) is 1.94. The minimum absolute atomic E-state index is 0.423. The summed E-state index contributed by atoms with van der Waals surface area (Å²) in [5.41, 5.74) is 2.96. The molecule has 1 aliphatic rings. The molecule has 0 spiro atoms. The fourth-order valence-electron chi connectivity index (χ4n) is 2.22. The fraction of sp³-hybridized carbons (Fsp3) is 0.267. The standard InChI is InChI=1S/C15H14O4/c1-8-7-18-14-5-10-3-4-13(9(2)16)19-15(17)12(10)6-11(8)14/h3-7,9,13,16H,1-2H3/t9-,13-/m0/s1. The molecule has 0 unspecified atom stereocenters. The molecule has 1 aliphatic heterocycles. The van der Waals surface area contributed by atoms with Crippen LogP contribution in [0.1, 0.15) is 28.4 Å². The number of ether oxygens (including phenoxy) is 1.